The largest absolute Gasteiger partial charge is 0.451 e. The maximum Gasteiger partial charge on any atom is 0.289 e. The number of rotatable bonds is 4. The zero-order chi connectivity index (χ0) is 18.1. The molecule has 26 heavy (non-hydrogen) atoms. The van der Waals surface area contributed by atoms with Crippen LogP contribution in [0.15, 0.2) is 34.7 Å². The van der Waals surface area contributed by atoms with Crippen LogP contribution in [0.3, 0.4) is 0 Å². The molecule has 7 nitrogen and oxygen atoms in total. The van der Waals surface area contributed by atoms with E-state index in [4.69, 9.17) is 9.15 Å². The zero-order valence-corrected chi connectivity index (χ0v) is 15.0. The van der Waals surface area contributed by atoms with Gasteiger partial charge in [-0.05, 0) is 26.0 Å². The summed E-state index contributed by atoms with van der Waals surface area (Å²) in [5.74, 6) is 2.00. The minimum atomic E-state index is -0.0845. The number of benzene rings is 1. The molecular weight excluding hydrogens is 332 g/mol. The number of para-hydroxylation sites is 1. The van der Waals surface area contributed by atoms with Gasteiger partial charge in [0.2, 0.25) is 0 Å². The van der Waals surface area contributed by atoms with Gasteiger partial charge in [0, 0.05) is 37.5 Å². The van der Waals surface area contributed by atoms with Crippen LogP contribution in [0.5, 0.6) is 0 Å². The molecule has 2 aromatic heterocycles. The molecule has 1 aliphatic rings. The van der Waals surface area contributed by atoms with Gasteiger partial charge in [-0.2, -0.15) is 0 Å². The molecule has 3 heterocycles. The van der Waals surface area contributed by atoms with Crippen LogP contribution in [0.1, 0.15) is 36.1 Å². The first-order valence-electron chi connectivity index (χ1n) is 8.95. The second-order valence-corrected chi connectivity index (χ2v) is 6.52. The Labute approximate surface area is 151 Å². The fourth-order valence-corrected chi connectivity index (χ4v) is 3.41. The van der Waals surface area contributed by atoms with Crippen molar-refractivity contribution < 1.29 is 13.9 Å². The van der Waals surface area contributed by atoms with Gasteiger partial charge in [0.25, 0.3) is 5.91 Å². The third kappa shape index (κ3) is 2.99. The minimum Gasteiger partial charge on any atom is -0.451 e. The van der Waals surface area contributed by atoms with Gasteiger partial charge in [0.05, 0.1) is 0 Å². The maximum absolute atomic E-state index is 13.0. The Bertz CT molecular complexity index is 897. The van der Waals surface area contributed by atoms with Crippen molar-refractivity contribution in [1.29, 1.82) is 0 Å². The van der Waals surface area contributed by atoms with Crippen LogP contribution in [-0.4, -0.2) is 44.8 Å². The van der Waals surface area contributed by atoms with Crippen LogP contribution in [0.4, 0.5) is 0 Å². The van der Waals surface area contributed by atoms with Crippen LogP contribution in [0.2, 0.25) is 0 Å². The number of hydrogen-bond donors (Lipinski definition) is 0. The van der Waals surface area contributed by atoms with Crippen LogP contribution < -0.4 is 0 Å². The van der Waals surface area contributed by atoms with Gasteiger partial charge in [0.1, 0.15) is 18.0 Å². The molecule has 0 radical (unpaired) electrons. The van der Waals surface area contributed by atoms with E-state index >= 15 is 0 Å². The smallest absolute Gasteiger partial charge is 0.289 e. The van der Waals surface area contributed by atoms with Crippen molar-refractivity contribution in [3.63, 3.8) is 0 Å². The molecule has 0 aliphatic carbocycles. The fourth-order valence-electron chi connectivity index (χ4n) is 3.41. The van der Waals surface area contributed by atoms with E-state index in [2.05, 4.69) is 14.8 Å². The molecule has 0 N–H and O–H groups in total. The summed E-state index contributed by atoms with van der Waals surface area (Å²) in [6.45, 7) is 6.30. The summed E-state index contributed by atoms with van der Waals surface area (Å²) >= 11 is 0. The Balaban J connectivity index is 1.56. The Morgan fingerprint density at radius 2 is 2.15 bits per heavy atom. The van der Waals surface area contributed by atoms with Crippen molar-refractivity contribution in [2.45, 2.75) is 39.5 Å². The second-order valence-electron chi connectivity index (χ2n) is 6.52. The van der Waals surface area contributed by atoms with Gasteiger partial charge in [-0.15, -0.1) is 10.2 Å². The molecule has 0 fully saturated rings. The van der Waals surface area contributed by atoms with Gasteiger partial charge in [-0.1, -0.05) is 18.2 Å². The van der Waals surface area contributed by atoms with Gasteiger partial charge in [0.15, 0.2) is 11.6 Å². The Hall–Kier alpha value is -2.67. The minimum absolute atomic E-state index is 0.0149. The standard InChI is InChI=1S/C19H22N4O3/c1-3-25-12-18-21-20-17-10-13(2)22(8-9-23(17)18)19(24)16-11-14-6-4-5-7-15(14)26-16/h4-7,11,13H,3,8-10,12H2,1-2H3/t13-/m0/s1. The van der Waals surface area contributed by atoms with Crippen LogP contribution in [0, 0.1) is 0 Å². The average Bonchev–Trinajstić information content (AvgIpc) is 3.20. The van der Waals surface area contributed by atoms with E-state index in [0.29, 0.717) is 38.5 Å². The van der Waals surface area contributed by atoms with E-state index < -0.39 is 0 Å². The highest BCUT2D eigenvalue weighted by atomic mass is 16.5. The highest BCUT2D eigenvalue weighted by molar-refractivity contribution is 5.96. The van der Waals surface area contributed by atoms with E-state index in [0.717, 1.165) is 22.6 Å². The maximum atomic E-state index is 13.0. The average molecular weight is 354 g/mol. The lowest BCUT2D eigenvalue weighted by molar-refractivity contribution is 0.0664. The van der Waals surface area contributed by atoms with Crippen molar-refractivity contribution in [2.75, 3.05) is 13.2 Å². The monoisotopic (exact) mass is 354 g/mol. The van der Waals surface area contributed by atoms with Gasteiger partial charge in [-0.25, -0.2) is 0 Å². The van der Waals surface area contributed by atoms with Gasteiger partial charge >= 0.3 is 0 Å². The van der Waals surface area contributed by atoms with E-state index in [1.807, 2.05) is 49.1 Å². The number of fused-ring (bicyclic) bond motifs is 2. The molecule has 1 amide bonds. The molecule has 0 saturated carbocycles. The molecule has 3 aromatic rings. The highest BCUT2D eigenvalue weighted by Crippen LogP contribution is 2.23. The molecule has 0 saturated heterocycles. The summed E-state index contributed by atoms with van der Waals surface area (Å²) in [7, 11) is 0. The van der Waals surface area contributed by atoms with Gasteiger partial charge < -0.3 is 18.6 Å². The third-order valence-corrected chi connectivity index (χ3v) is 4.81. The van der Waals surface area contributed by atoms with E-state index in [9.17, 15) is 4.79 Å². The van der Waals surface area contributed by atoms with E-state index in [-0.39, 0.29) is 11.9 Å². The number of amides is 1. The quantitative estimate of drug-likeness (QED) is 0.720. The number of ether oxygens (including phenoxy) is 1. The van der Waals surface area contributed by atoms with E-state index in [1.165, 1.54) is 0 Å². The number of furan rings is 1. The summed E-state index contributed by atoms with van der Waals surface area (Å²) in [4.78, 5) is 14.9. The Morgan fingerprint density at radius 1 is 1.31 bits per heavy atom. The molecule has 7 heteroatoms. The Morgan fingerprint density at radius 3 is 2.96 bits per heavy atom. The molecule has 1 aliphatic heterocycles. The van der Waals surface area contributed by atoms with Crippen LogP contribution in [0.25, 0.3) is 11.0 Å². The summed E-state index contributed by atoms with van der Waals surface area (Å²) in [6, 6.07) is 9.49. The number of carbonyl (C=O) groups is 1. The van der Waals surface area contributed by atoms with Crippen LogP contribution >= 0.6 is 0 Å². The lowest BCUT2D eigenvalue weighted by atomic mass is 10.2. The first kappa shape index (κ1) is 16.8. The first-order chi connectivity index (χ1) is 12.7. The molecule has 0 bridgehead atoms. The molecular formula is C19H22N4O3. The predicted octanol–water partition coefficient (Wildman–Crippen LogP) is 2.65. The normalized spacial score (nSPS) is 17.3. The number of aromatic nitrogens is 3. The molecule has 0 spiro atoms. The molecule has 0 unspecified atom stereocenters. The van der Waals surface area contributed by atoms with Crippen molar-refractivity contribution >= 4 is 16.9 Å². The lowest BCUT2D eigenvalue weighted by Crippen LogP contribution is -2.40. The molecule has 1 aromatic carbocycles. The topological polar surface area (TPSA) is 73.4 Å². The summed E-state index contributed by atoms with van der Waals surface area (Å²) < 4.78 is 13.3. The van der Waals surface area contributed by atoms with Crippen molar-refractivity contribution in [2.24, 2.45) is 0 Å². The first-order valence-corrected chi connectivity index (χ1v) is 8.95. The van der Waals surface area contributed by atoms with Crippen molar-refractivity contribution in [3.05, 3.63) is 47.7 Å². The number of nitrogens with zero attached hydrogens (tertiary/aromatic N) is 4. The highest BCUT2D eigenvalue weighted by Gasteiger charge is 2.29. The fraction of sp³-hybridized carbons (Fsp3) is 0.421. The van der Waals surface area contributed by atoms with Crippen LogP contribution in [-0.2, 0) is 24.3 Å². The second kappa shape index (κ2) is 6.92. The van der Waals surface area contributed by atoms with E-state index in [1.54, 1.807) is 0 Å². The molecule has 1 atom stereocenters. The Kier molecular flexibility index (Phi) is 4.46. The lowest BCUT2D eigenvalue weighted by Gasteiger charge is -2.25. The summed E-state index contributed by atoms with van der Waals surface area (Å²) in [5.41, 5.74) is 0.731. The molecule has 136 valence electrons. The van der Waals surface area contributed by atoms with Crippen molar-refractivity contribution in [1.82, 2.24) is 19.7 Å². The third-order valence-electron chi connectivity index (χ3n) is 4.81. The zero-order valence-electron chi connectivity index (χ0n) is 15.0. The predicted molar refractivity (Wildman–Crippen MR) is 95.8 cm³/mol. The SMILES string of the molecule is CCOCc1nnc2n1CCN(C(=O)c1cc3ccccc3o1)[C@@H](C)C2. The summed E-state index contributed by atoms with van der Waals surface area (Å²) in [6.07, 6.45) is 0.658. The summed E-state index contributed by atoms with van der Waals surface area (Å²) in [5, 5.41) is 9.47. The number of carbonyl (C=O) groups excluding carboxylic acids is 1. The number of hydrogen-bond acceptors (Lipinski definition) is 5. The molecule has 4 rings (SSSR count). The van der Waals surface area contributed by atoms with Gasteiger partial charge in [-0.3, -0.25) is 4.79 Å². The van der Waals surface area contributed by atoms with Crippen molar-refractivity contribution in [3.8, 4) is 0 Å².